The average molecular weight is 301 g/mol. The number of benzene rings is 1. The summed E-state index contributed by atoms with van der Waals surface area (Å²) >= 11 is 0. The number of carbonyl (C=O) groups is 1. The smallest absolute Gasteiger partial charge is 0.256 e. The molecule has 1 aliphatic rings. The molecule has 2 aromatic rings. The number of likely N-dealkylation sites (N-methyl/N-ethyl adjacent to an activating group) is 1. The van der Waals surface area contributed by atoms with Crippen LogP contribution in [0, 0.1) is 6.92 Å². The molecule has 5 heteroatoms. The van der Waals surface area contributed by atoms with Gasteiger partial charge in [0, 0.05) is 37.3 Å². The van der Waals surface area contributed by atoms with E-state index < -0.39 is 0 Å². The highest BCUT2D eigenvalue weighted by atomic mass is 16.5. The molecule has 1 aromatic heterocycles. The number of hydrogen-bond donors (Lipinski definition) is 1. The number of fused-ring (bicyclic) bond motifs is 1. The van der Waals surface area contributed by atoms with Crippen molar-refractivity contribution in [1.82, 2.24) is 14.8 Å². The van der Waals surface area contributed by atoms with Crippen LogP contribution in [-0.4, -0.2) is 60.5 Å². The fourth-order valence-corrected chi connectivity index (χ4v) is 3.19. The number of para-hydroxylation sites is 1. The minimum atomic E-state index is 0.118. The molecule has 0 saturated carbocycles. The predicted molar refractivity (Wildman–Crippen MR) is 87.6 cm³/mol. The fourth-order valence-electron chi connectivity index (χ4n) is 3.19. The fraction of sp³-hybridized carbons (Fsp3) is 0.471. The second-order valence-corrected chi connectivity index (χ2v) is 5.73. The molecule has 0 aliphatic carbocycles. The van der Waals surface area contributed by atoms with Crippen molar-refractivity contribution < 1.29 is 9.53 Å². The van der Waals surface area contributed by atoms with E-state index >= 15 is 0 Å². The van der Waals surface area contributed by atoms with E-state index in [4.69, 9.17) is 4.74 Å². The van der Waals surface area contributed by atoms with Crippen LogP contribution in [0.1, 0.15) is 23.0 Å². The Bertz CT molecular complexity index is 685. The van der Waals surface area contributed by atoms with Crippen molar-refractivity contribution in [3.8, 4) is 5.75 Å². The Morgan fingerprint density at radius 3 is 2.64 bits per heavy atom. The van der Waals surface area contributed by atoms with Crippen molar-refractivity contribution in [2.24, 2.45) is 0 Å². The number of amides is 1. The van der Waals surface area contributed by atoms with Gasteiger partial charge in [0.25, 0.3) is 5.91 Å². The molecule has 1 N–H and O–H groups in total. The van der Waals surface area contributed by atoms with E-state index in [-0.39, 0.29) is 5.91 Å². The lowest BCUT2D eigenvalue weighted by Gasteiger charge is -2.34. The number of aryl methyl sites for hydroxylation is 1. The maximum absolute atomic E-state index is 12.9. The molecule has 2 heterocycles. The molecule has 0 bridgehead atoms. The van der Waals surface area contributed by atoms with Gasteiger partial charge in [-0.25, -0.2) is 0 Å². The van der Waals surface area contributed by atoms with Crippen molar-refractivity contribution in [2.75, 3.05) is 39.8 Å². The van der Waals surface area contributed by atoms with Gasteiger partial charge in [-0.3, -0.25) is 4.79 Å². The van der Waals surface area contributed by atoms with Crippen LogP contribution in [0.2, 0.25) is 0 Å². The number of nitrogens with zero attached hydrogens (tertiary/aromatic N) is 2. The van der Waals surface area contributed by atoms with Gasteiger partial charge in [0.2, 0.25) is 0 Å². The number of piperazine rings is 1. The number of rotatable bonds is 3. The molecule has 1 amide bonds. The standard InChI is InChI=1S/C17H23N3O2/c1-4-19-8-10-20(11-9-19)17(21)15-12(2)18-16-13(15)6-5-7-14(16)22-3/h5-7,18H,4,8-11H2,1-3H3. The van der Waals surface area contributed by atoms with Gasteiger partial charge < -0.3 is 19.5 Å². The molecule has 118 valence electrons. The first-order valence-electron chi connectivity index (χ1n) is 7.82. The summed E-state index contributed by atoms with van der Waals surface area (Å²) in [6.45, 7) is 8.65. The Morgan fingerprint density at radius 1 is 1.27 bits per heavy atom. The minimum Gasteiger partial charge on any atom is -0.495 e. The van der Waals surface area contributed by atoms with Crippen LogP contribution < -0.4 is 4.74 Å². The number of methoxy groups -OCH3 is 1. The van der Waals surface area contributed by atoms with E-state index in [1.807, 2.05) is 30.0 Å². The van der Waals surface area contributed by atoms with Crippen molar-refractivity contribution in [2.45, 2.75) is 13.8 Å². The molecule has 0 spiro atoms. The molecule has 5 nitrogen and oxygen atoms in total. The quantitative estimate of drug-likeness (QED) is 0.946. The van der Waals surface area contributed by atoms with Crippen LogP contribution in [0.3, 0.4) is 0 Å². The normalized spacial score (nSPS) is 16.2. The lowest BCUT2D eigenvalue weighted by molar-refractivity contribution is 0.0644. The van der Waals surface area contributed by atoms with E-state index in [0.717, 1.165) is 60.6 Å². The zero-order valence-electron chi connectivity index (χ0n) is 13.5. The molecule has 1 aromatic carbocycles. The molecule has 3 rings (SSSR count). The Kier molecular flexibility index (Phi) is 4.07. The highest BCUT2D eigenvalue weighted by Crippen LogP contribution is 2.30. The van der Waals surface area contributed by atoms with Crippen molar-refractivity contribution in [3.63, 3.8) is 0 Å². The molecule has 1 saturated heterocycles. The Hall–Kier alpha value is -2.01. The van der Waals surface area contributed by atoms with E-state index in [2.05, 4.69) is 16.8 Å². The van der Waals surface area contributed by atoms with Crippen molar-refractivity contribution >= 4 is 16.8 Å². The largest absolute Gasteiger partial charge is 0.495 e. The predicted octanol–water partition coefficient (Wildman–Crippen LogP) is 2.26. The summed E-state index contributed by atoms with van der Waals surface area (Å²) in [6.07, 6.45) is 0. The summed E-state index contributed by atoms with van der Waals surface area (Å²) in [7, 11) is 1.65. The summed E-state index contributed by atoms with van der Waals surface area (Å²) in [6, 6.07) is 5.82. The zero-order valence-corrected chi connectivity index (χ0v) is 13.5. The molecule has 0 radical (unpaired) electrons. The Balaban J connectivity index is 1.93. The minimum absolute atomic E-state index is 0.118. The monoisotopic (exact) mass is 301 g/mol. The Morgan fingerprint density at radius 2 is 2.00 bits per heavy atom. The van der Waals surface area contributed by atoms with E-state index in [1.54, 1.807) is 7.11 Å². The number of carbonyl (C=O) groups excluding carboxylic acids is 1. The number of H-pyrrole nitrogens is 1. The van der Waals surface area contributed by atoms with Crippen LogP contribution in [0.5, 0.6) is 5.75 Å². The molecule has 22 heavy (non-hydrogen) atoms. The van der Waals surface area contributed by atoms with Crippen LogP contribution in [0.25, 0.3) is 10.9 Å². The second kappa shape index (κ2) is 6.01. The van der Waals surface area contributed by atoms with Gasteiger partial charge in [0.15, 0.2) is 0 Å². The highest BCUT2D eigenvalue weighted by molar-refractivity contribution is 6.09. The topological polar surface area (TPSA) is 48.6 Å². The van der Waals surface area contributed by atoms with Gasteiger partial charge in [-0.05, 0) is 19.5 Å². The first-order valence-corrected chi connectivity index (χ1v) is 7.82. The van der Waals surface area contributed by atoms with Gasteiger partial charge in [0.05, 0.1) is 18.2 Å². The maximum atomic E-state index is 12.9. The van der Waals surface area contributed by atoms with E-state index in [0.29, 0.717) is 0 Å². The van der Waals surface area contributed by atoms with Crippen LogP contribution >= 0.6 is 0 Å². The van der Waals surface area contributed by atoms with Gasteiger partial charge in [-0.2, -0.15) is 0 Å². The van der Waals surface area contributed by atoms with Gasteiger partial charge >= 0.3 is 0 Å². The Labute approximate surface area is 130 Å². The number of aromatic amines is 1. The highest BCUT2D eigenvalue weighted by Gasteiger charge is 2.25. The van der Waals surface area contributed by atoms with Crippen LogP contribution in [0.4, 0.5) is 0 Å². The third kappa shape index (κ3) is 2.46. The first-order chi connectivity index (χ1) is 10.7. The maximum Gasteiger partial charge on any atom is 0.256 e. The summed E-state index contributed by atoms with van der Waals surface area (Å²) in [5, 5.41) is 0.944. The lowest BCUT2D eigenvalue weighted by Crippen LogP contribution is -2.48. The number of hydrogen-bond acceptors (Lipinski definition) is 3. The van der Waals surface area contributed by atoms with Crippen LogP contribution in [0.15, 0.2) is 18.2 Å². The summed E-state index contributed by atoms with van der Waals surface area (Å²) in [5.74, 6) is 0.892. The first kappa shape index (κ1) is 14.9. The molecular formula is C17H23N3O2. The SMILES string of the molecule is CCN1CCN(C(=O)c2c(C)[nH]c3c(OC)cccc23)CC1. The van der Waals surface area contributed by atoms with Crippen molar-refractivity contribution in [1.29, 1.82) is 0 Å². The lowest BCUT2D eigenvalue weighted by atomic mass is 10.1. The molecular weight excluding hydrogens is 278 g/mol. The van der Waals surface area contributed by atoms with Crippen LogP contribution in [-0.2, 0) is 0 Å². The number of aromatic nitrogens is 1. The van der Waals surface area contributed by atoms with E-state index in [9.17, 15) is 4.79 Å². The molecule has 0 unspecified atom stereocenters. The zero-order chi connectivity index (χ0) is 15.7. The van der Waals surface area contributed by atoms with Crippen molar-refractivity contribution in [3.05, 3.63) is 29.5 Å². The summed E-state index contributed by atoms with van der Waals surface area (Å²) < 4.78 is 5.39. The molecule has 0 atom stereocenters. The number of nitrogens with one attached hydrogen (secondary N) is 1. The third-order valence-electron chi connectivity index (χ3n) is 4.52. The van der Waals surface area contributed by atoms with Gasteiger partial charge in [-0.1, -0.05) is 19.1 Å². The number of ether oxygens (including phenoxy) is 1. The van der Waals surface area contributed by atoms with E-state index in [1.165, 1.54) is 0 Å². The second-order valence-electron chi connectivity index (χ2n) is 5.73. The average Bonchev–Trinajstić information content (AvgIpc) is 2.90. The summed E-state index contributed by atoms with van der Waals surface area (Å²) in [4.78, 5) is 20.6. The van der Waals surface area contributed by atoms with Gasteiger partial charge in [-0.15, -0.1) is 0 Å². The molecule has 1 fully saturated rings. The third-order valence-corrected chi connectivity index (χ3v) is 4.52. The molecule has 1 aliphatic heterocycles. The summed E-state index contributed by atoms with van der Waals surface area (Å²) in [5.41, 5.74) is 2.58. The van der Waals surface area contributed by atoms with Gasteiger partial charge in [0.1, 0.15) is 5.75 Å².